The van der Waals surface area contributed by atoms with Crippen LogP contribution in [0.2, 0.25) is 0 Å². The highest BCUT2D eigenvalue weighted by molar-refractivity contribution is 5.78. The summed E-state index contributed by atoms with van der Waals surface area (Å²) >= 11 is 0. The van der Waals surface area contributed by atoms with E-state index in [1.165, 1.54) is 18.4 Å². The summed E-state index contributed by atoms with van der Waals surface area (Å²) in [5.41, 5.74) is 7.44. The van der Waals surface area contributed by atoms with E-state index in [2.05, 4.69) is 49.8 Å². The molecule has 0 aliphatic carbocycles. The maximum absolute atomic E-state index is 6.06. The third-order valence-corrected chi connectivity index (χ3v) is 4.32. The van der Waals surface area contributed by atoms with Crippen LogP contribution >= 0.6 is 0 Å². The summed E-state index contributed by atoms with van der Waals surface area (Å²) in [6.07, 6.45) is 8.48. The number of benzene rings is 1. The highest BCUT2D eigenvalue weighted by atomic mass is 15.3. The first-order valence-electron chi connectivity index (χ1n) is 8.42. The summed E-state index contributed by atoms with van der Waals surface area (Å²) in [6.45, 7) is 3.58. The molecule has 1 fully saturated rings. The van der Waals surface area contributed by atoms with Crippen LogP contribution in [0.15, 0.2) is 47.7 Å². The van der Waals surface area contributed by atoms with Gasteiger partial charge in [0.05, 0.1) is 0 Å². The van der Waals surface area contributed by atoms with Gasteiger partial charge in [0.1, 0.15) is 12.4 Å². The Morgan fingerprint density at radius 2 is 1.96 bits per heavy atom. The smallest absolute Gasteiger partial charge is 0.191 e. The molecule has 0 bridgehead atoms. The van der Waals surface area contributed by atoms with Crippen LogP contribution in [0.5, 0.6) is 0 Å². The molecule has 3 rings (SSSR count). The van der Waals surface area contributed by atoms with E-state index >= 15 is 0 Å². The first kappa shape index (κ1) is 15.6. The summed E-state index contributed by atoms with van der Waals surface area (Å²) in [5.74, 6) is 1.64. The lowest BCUT2D eigenvalue weighted by Gasteiger charge is -2.15. The van der Waals surface area contributed by atoms with Crippen LogP contribution in [0.4, 0.5) is 0 Å². The normalized spacial score (nSPS) is 15.3. The second kappa shape index (κ2) is 7.81. The predicted molar refractivity (Wildman–Crippen MR) is 93.1 cm³/mol. The maximum atomic E-state index is 6.06. The van der Waals surface area contributed by atoms with E-state index in [1.54, 1.807) is 0 Å². The van der Waals surface area contributed by atoms with Crippen molar-refractivity contribution in [3.63, 3.8) is 0 Å². The number of aliphatic imine (C=N–C) groups is 1. The zero-order valence-electron chi connectivity index (χ0n) is 13.6. The Bertz CT molecular complexity index is 626. The average molecular weight is 311 g/mol. The van der Waals surface area contributed by atoms with Crippen molar-refractivity contribution < 1.29 is 0 Å². The van der Waals surface area contributed by atoms with Crippen molar-refractivity contribution in [2.45, 2.75) is 38.8 Å². The van der Waals surface area contributed by atoms with Gasteiger partial charge in [-0.05, 0) is 31.2 Å². The number of imidazole rings is 1. The molecule has 1 aliphatic heterocycles. The fourth-order valence-electron chi connectivity index (χ4n) is 2.99. The summed E-state index contributed by atoms with van der Waals surface area (Å²) in [4.78, 5) is 11.1. The van der Waals surface area contributed by atoms with Crippen LogP contribution in [-0.4, -0.2) is 33.5 Å². The van der Waals surface area contributed by atoms with E-state index in [1.807, 2.05) is 12.4 Å². The molecular formula is C18H25N5. The molecule has 0 unspecified atom stereocenters. The number of nitrogens with two attached hydrogens (primary N) is 1. The number of hydrogen-bond acceptors (Lipinski definition) is 2. The number of aromatic nitrogens is 2. The number of nitrogens with zero attached hydrogens (tertiary/aromatic N) is 4. The molecule has 1 aromatic carbocycles. The molecule has 2 N–H and O–H groups in total. The zero-order valence-corrected chi connectivity index (χ0v) is 13.6. The average Bonchev–Trinajstić information content (AvgIpc) is 3.26. The minimum Gasteiger partial charge on any atom is -0.370 e. The quantitative estimate of drug-likeness (QED) is 0.658. The Morgan fingerprint density at radius 3 is 2.74 bits per heavy atom. The van der Waals surface area contributed by atoms with Gasteiger partial charge in [-0.1, -0.05) is 30.3 Å². The molecule has 5 nitrogen and oxygen atoms in total. The van der Waals surface area contributed by atoms with Crippen LogP contribution in [0.1, 0.15) is 30.7 Å². The number of hydrogen-bond donors (Lipinski definition) is 1. The molecule has 23 heavy (non-hydrogen) atoms. The first-order chi connectivity index (χ1) is 11.3. The van der Waals surface area contributed by atoms with Gasteiger partial charge in [-0.3, -0.25) is 0 Å². The molecule has 122 valence electrons. The lowest BCUT2D eigenvalue weighted by atomic mass is 10.1. The van der Waals surface area contributed by atoms with Crippen molar-refractivity contribution in [3.05, 3.63) is 54.1 Å². The summed E-state index contributed by atoms with van der Waals surface area (Å²) in [6, 6.07) is 10.6. The van der Waals surface area contributed by atoms with E-state index in [-0.39, 0.29) is 0 Å². The van der Waals surface area contributed by atoms with Crippen molar-refractivity contribution in [3.8, 4) is 0 Å². The Morgan fingerprint density at radius 1 is 1.17 bits per heavy atom. The molecule has 0 radical (unpaired) electrons. The van der Waals surface area contributed by atoms with E-state index in [0.29, 0.717) is 12.5 Å². The van der Waals surface area contributed by atoms with E-state index < -0.39 is 0 Å². The van der Waals surface area contributed by atoms with Crippen LogP contribution in [-0.2, 0) is 19.5 Å². The second-order valence-corrected chi connectivity index (χ2v) is 5.99. The van der Waals surface area contributed by atoms with Gasteiger partial charge in [0.2, 0.25) is 0 Å². The maximum Gasteiger partial charge on any atom is 0.191 e. The summed E-state index contributed by atoms with van der Waals surface area (Å²) in [5, 5.41) is 0. The second-order valence-electron chi connectivity index (χ2n) is 5.99. The Hall–Kier alpha value is -2.30. The van der Waals surface area contributed by atoms with Crippen LogP contribution in [0.3, 0.4) is 0 Å². The topological polar surface area (TPSA) is 59.4 Å². The van der Waals surface area contributed by atoms with Crippen LogP contribution in [0.25, 0.3) is 0 Å². The molecule has 2 heterocycles. The van der Waals surface area contributed by atoms with Gasteiger partial charge in [0.15, 0.2) is 5.96 Å². The molecule has 1 saturated heterocycles. The van der Waals surface area contributed by atoms with Crippen molar-refractivity contribution in [2.75, 3.05) is 13.1 Å². The van der Waals surface area contributed by atoms with Gasteiger partial charge in [-0.15, -0.1) is 0 Å². The van der Waals surface area contributed by atoms with Crippen LogP contribution < -0.4 is 5.73 Å². The van der Waals surface area contributed by atoms with Crippen LogP contribution in [0, 0.1) is 0 Å². The fourth-order valence-corrected chi connectivity index (χ4v) is 2.99. The van der Waals surface area contributed by atoms with Gasteiger partial charge >= 0.3 is 0 Å². The van der Waals surface area contributed by atoms with Gasteiger partial charge in [-0.2, -0.15) is 0 Å². The third kappa shape index (κ3) is 4.34. The van der Waals surface area contributed by atoms with Crippen molar-refractivity contribution in [2.24, 2.45) is 10.7 Å². The molecule has 0 atom stereocenters. The SMILES string of the molecule is NC(=NCc1nccn1CCCc1ccccc1)N1CCCC1. The Balaban J connectivity index is 1.51. The zero-order chi connectivity index (χ0) is 15.9. The fraction of sp³-hybridized carbons (Fsp3) is 0.444. The highest BCUT2D eigenvalue weighted by Crippen LogP contribution is 2.09. The molecule has 1 aromatic heterocycles. The molecule has 1 aliphatic rings. The number of aryl methyl sites for hydroxylation is 2. The highest BCUT2D eigenvalue weighted by Gasteiger charge is 2.13. The lowest BCUT2D eigenvalue weighted by Crippen LogP contribution is -2.34. The van der Waals surface area contributed by atoms with E-state index in [0.717, 1.165) is 38.3 Å². The minimum atomic E-state index is 0.556. The Labute approximate surface area is 137 Å². The van der Waals surface area contributed by atoms with E-state index in [4.69, 9.17) is 5.73 Å². The molecule has 0 amide bonds. The molecular weight excluding hydrogens is 286 g/mol. The standard InChI is InChI=1S/C18H25N5/c19-18(23-11-4-5-12-23)21-15-17-20-10-14-22(17)13-6-9-16-7-2-1-3-8-16/h1-3,7-8,10,14H,4-6,9,11-13,15H2,(H2,19,21). The molecule has 2 aromatic rings. The van der Waals surface area contributed by atoms with Gasteiger partial charge in [-0.25, -0.2) is 9.98 Å². The molecule has 5 heteroatoms. The first-order valence-corrected chi connectivity index (χ1v) is 8.42. The number of likely N-dealkylation sites (tertiary alicyclic amines) is 1. The number of rotatable bonds is 6. The minimum absolute atomic E-state index is 0.556. The monoisotopic (exact) mass is 311 g/mol. The predicted octanol–water partition coefficient (Wildman–Crippen LogP) is 2.43. The molecule has 0 saturated carbocycles. The lowest BCUT2D eigenvalue weighted by molar-refractivity contribution is 0.508. The van der Waals surface area contributed by atoms with Gasteiger partial charge < -0.3 is 15.2 Å². The summed E-state index contributed by atoms with van der Waals surface area (Å²) in [7, 11) is 0. The number of guanidine groups is 1. The Kier molecular flexibility index (Phi) is 5.29. The summed E-state index contributed by atoms with van der Waals surface area (Å²) < 4.78 is 2.18. The third-order valence-electron chi connectivity index (χ3n) is 4.32. The largest absolute Gasteiger partial charge is 0.370 e. The molecule has 0 spiro atoms. The van der Waals surface area contributed by atoms with Gasteiger partial charge in [0.25, 0.3) is 0 Å². The van der Waals surface area contributed by atoms with Gasteiger partial charge in [0, 0.05) is 32.0 Å². The van der Waals surface area contributed by atoms with Crippen molar-refractivity contribution >= 4 is 5.96 Å². The van der Waals surface area contributed by atoms with Crippen molar-refractivity contribution in [1.82, 2.24) is 14.5 Å². The van der Waals surface area contributed by atoms with E-state index in [9.17, 15) is 0 Å². The van der Waals surface area contributed by atoms with Crippen molar-refractivity contribution in [1.29, 1.82) is 0 Å².